The summed E-state index contributed by atoms with van der Waals surface area (Å²) in [6.45, 7) is 11.1. The molecule has 2 atom stereocenters. The number of ether oxygens (including phenoxy) is 1. The number of hydrogen-bond donors (Lipinski definition) is 1. The average molecular weight is 539 g/mol. The molecule has 3 heterocycles. The molecule has 31 heavy (non-hydrogen) atoms. The SMILES string of the molecule is CCNC(=NCCn1cnnc1CC)N1CC2OCCN(Cc3ccccc3)C2C1.I. The summed E-state index contributed by atoms with van der Waals surface area (Å²) in [5.74, 6) is 1.98. The van der Waals surface area contributed by atoms with Gasteiger partial charge in [-0.2, -0.15) is 0 Å². The minimum absolute atomic E-state index is 0. The molecule has 2 aliphatic heterocycles. The summed E-state index contributed by atoms with van der Waals surface area (Å²) in [6, 6.07) is 11.1. The highest BCUT2D eigenvalue weighted by molar-refractivity contribution is 14.0. The van der Waals surface area contributed by atoms with E-state index in [-0.39, 0.29) is 30.1 Å². The van der Waals surface area contributed by atoms with Crippen molar-refractivity contribution >= 4 is 29.9 Å². The molecule has 0 radical (unpaired) electrons. The number of benzene rings is 1. The summed E-state index contributed by atoms with van der Waals surface area (Å²) in [4.78, 5) is 9.82. The number of guanidine groups is 1. The van der Waals surface area contributed by atoms with Crippen molar-refractivity contribution in [1.82, 2.24) is 29.9 Å². The Morgan fingerprint density at radius 1 is 1.23 bits per heavy atom. The van der Waals surface area contributed by atoms with Gasteiger partial charge in [-0.1, -0.05) is 37.3 Å². The lowest BCUT2D eigenvalue weighted by atomic mass is 10.1. The van der Waals surface area contributed by atoms with E-state index in [1.807, 2.05) is 0 Å². The van der Waals surface area contributed by atoms with Crippen LogP contribution in [0.1, 0.15) is 25.2 Å². The van der Waals surface area contributed by atoms with Gasteiger partial charge in [-0.3, -0.25) is 9.89 Å². The molecule has 9 heteroatoms. The zero-order chi connectivity index (χ0) is 20.8. The first kappa shape index (κ1) is 23.9. The molecular weight excluding hydrogens is 505 g/mol. The van der Waals surface area contributed by atoms with Gasteiger partial charge < -0.3 is 19.5 Å². The van der Waals surface area contributed by atoms with Crippen molar-refractivity contribution in [2.24, 2.45) is 4.99 Å². The third-order valence-corrected chi connectivity index (χ3v) is 5.89. The van der Waals surface area contributed by atoms with Crippen LogP contribution in [0.5, 0.6) is 0 Å². The van der Waals surface area contributed by atoms with Gasteiger partial charge in [0, 0.05) is 45.7 Å². The molecule has 0 saturated carbocycles. The Balaban J connectivity index is 0.00000272. The van der Waals surface area contributed by atoms with Crippen LogP contribution in [0.25, 0.3) is 0 Å². The van der Waals surface area contributed by atoms with Crippen molar-refractivity contribution < 1.29 is 4.74 Å². The fraction of sp³-hybridized carbons (Fsp3) is 0.591. The maximum absolute atomic E-state index is 6.14. The van der Waals surface area contributed by atoms with Crippen molar-refractivity contribution in [2.75, 3.05) is 39.3 Å². The standard InChI is InChI=1S/C22H33N7O.HI/c1-3-21-26-25-17-28(21)11-10-24-22(23-4-2)29-15-19-20(16-29)30-13-12-27(19)14-18-8-6-5-7-9-18;/h5-9,17,19-20H,3-4,10-16H2,1-2H3,(H,23,24);1H. The summed E-state index contributed by atoms with van der Waals surface area (Å²) in [6.07, 6.45) is 2.91. The highest BCUT2D eigenvalue weighted by Crippen LogP contribution is 2.24. The number of halogens is 1. The van der Waals surface area contributed by atoms with Crippen LogP contribution in [0.4, 0.5) is 0 Å². The van der Waals surface area contributed by atoms with E-state index in [9.17, 15) is 0 Å². The third-order valence-electron chi connectivity index (χ3n) is 5.89. The van der Waals surface area contributed by atoms with E-state index >= 15 is 0 Å². The first-order chi connectivity index (χ1) is 14.8. The Morgan fingerprint density at radius 2 is 2.06 bits per heavy atom. The van der Waals surface area contributed by atoms with E-state index in [0.717, 1.165) is 64.1 Å². The summed E-state index contributed by atoms with van der Waals surface area (Å²) in [5, 5.41) is 11.6. The number of aromatic nitrogens is 3. The number of morpholine rings is 1. The van der Waals surface area contributed by atoms with Crippen LogP contribution >= 0.6 is 24.0 Å². The number of aliphatic imine (C=N–C) groups is 1. The number of fused-ring (bicyclic) bond motifs is 1. The minimum atomic E-state index is 0. The number of aryl methyl sites for hydroxylation is 1. The second-order valence-corrected chi connectivity index (χ2v) is 7.87. The second kappa shape index (κ2) is 11.8. The number of hydrogen-bond acceptors (Lipinski definition) is 5. The maximum Gasteiger partial charge on any atom is 0.194 e. The number of nitrogens with one attached hydrogen (secondary N) is 1. The van der Waals surface area contributed by atoms with Gasteiger partial charge >= 0.3 is 0 Å². The van der Waals surface area contributed by atoms with Crippen molar-refractivity contribution in [3.8, 4) is 0 Å². The van der Waals surface area contributed by atoms with Crippen LogP contribution in [0.3, 0.4) is 0 Å². The predicted octanol–water partition coefficient (Wildman–Crippen LogP) is 2.01. The van der Waals surface area contributed by atoms with E-state index in [1.165, 1.54) is 5.56 Å². The highest BCUT2D eigenvalue weighted by atomic mass is 127. The molecule has 170 valence electrons. The zero-order valence-electron chi connectivity index (χ0n) is 18.5. The van der Waals surface area contributed by atoms with E-state index in [1.54, 1.807) is 6.33 Å². The fourth-order valence-corrected chi connectivity index (χ4v) is 4.37. The highest BCUT2D eigenvalue weighted by Gasteiger charge is 2.41. The Labute approximate surface area is 202 Å². The average Bonchev–Trinajstić information content (AvgIpc) is 3.41. The molecule has 0 bridgehead atoms. The molecule has 1 aromatic carbocycles. The normalized spacial score (nSPS) is 21.6. The summed E-state index contributed by atoms with van der Waals surface area (Å²) in [5.41, 5.74) is 1.36. The van der Waals surface area contributed by atoms with Crippen molar-refractivity contribution in [1.29, 1.82) is 0 Å². The van der Waals surface area contributed by atoms with E-state index in [4.69, 9.17) is 9.73 Å². The lowest BCUT2D eigenvalue weighted by molar-refractivity contribution is -0.0502. The molecule has 2 unspecified atom stereocenters. The van der Waals surface area contributed by atoms with E-state index < -0.39 is 0 Å². The molecule has 8 nitrogen and oxygen atoms in total. The minimum Gasteiger partial charge on any atom is -0.373 e. The molecular formula is C22H34IN7O. The van der Waals surface area contributed by atoms with Crippen LogP contribution in [-0.4, -0.2) is 82.0 Å². The van der Waals surface area contributed by atoms with Gasteiger partial charge in [-0.25, -0.2) is 0 Å². The smallest absolute Gasteiger partial charge is 0.194 e. The van der Waals surface area contributed by atoms with Gasteiger partial charge in [-0.05, 0) is 12.5 Å². The first-order valence-electron chi connectivity index (χ1n) is 11.1. The molecule has 2 fully saturated rings. The van der Waals surface area contributed by atoms with Gasteiger partial charge in [-0.15, -0.1) is 34.2 Å². The molecule has 2 aliphatic rings. The van der Waals surface area contributed by atoms with Crippen LogP contribution < -0.4 is 5.32 Å². The van der Waals surface area contributed by atoms with Gasteiger partial charge in [0.25, 0.3) is 0 Å². The summed E-state index contributed by atoms with van der Waals surface area (Å²) < 4.78 is 8.22. The molecule has 1 aromatic heterocycles. The Bertz CT molecular complexity index is 828. The van der Waals surface area contributed by atoms with Gasteiger partial charge in [0.15, 0.2) is 5.96 Å². The molecule has 2 aromatic rings. The monoisotopic (exact) mass is 539 g/mol. The summed E-state index contributed by atoms with van der Waals surface area (Å²) >= 11 is 0. The van der Waals surface area contributed by atoms with Crippen LogP contribution in [-0.2, 0) is 24.2 Å². The fourth-order valence-electron chi connectivity index (χ4n) is 4.37. The first-order valence-corrected chi connectivity index (χ1v) is 11.1. The van der Waals surface area contributed by atoms with Crippen molar-refractivity contribution in [3.05, 3.63) is 48.0 Å². The largest absolute Gasteiger partial charge is 0.373 e. The van der Waals surface area contributed by atoms with E-state index in [0.29, 0.717) is 12.6 Å². The lowest BCUT2D eigenvalue weighted by Gasteiger charge is -2.36. The predicted molar refractivity (Wildman–Crippen MR) is 133 cm³/mol. The molecule has 0 aliphatic carbocycles. The van der Waals surface area contributed by atoms with Crippen LogP contribution in [0.2, 0.25) is 0 Å². The Kier molecular flexibility index (Phi) is 9.09. The lowest BCUT2D eigenvalue weighted by Crippen LogP contribution is -2.50. The topological polar surface area (TPSA) is 70.8 Å². The third kappa shape index (κ3) is 5.95. The number of likely N-dealkylation sites (tertiary alicyclic amines) is 1. The van der Waals surface area contributed by atoms with Crippen LogP contribution in [0.15, 0.2) is 41.7 Å². The van der Waals surface area contributed by atoms with Gasteiger partial charge in [0.05, 0.1) is 25.3 Å². The molecule has 1 N–H and O–H groups in total. The molecule has 4 rings (SSSR count). The molecule has 2 saturated heterocycles. The van der Waals surface area contributed by atoms with Gasteiger partial charge in [0.2, 0.25) is 0 Å². The molecule has 0 spiro atoms. The number of nitrogens with zero attached hydrogens (tertiary/aromatic N) is 6. The van der Waals surface area contributed by atoms with Crippen LogP contribution in [0, 0.1) is 0 Å². The van der Waals surface area contributed by atoms with Crippen molar-refractivity contribution in [2.45, 2.75) is 45.5 Å². The zero-order valence-corrected chi connectivity index (χ0v) is 20.8. The van der Waals surface area contributed by atoms with E-state index in [2.05, 4.69) is 74.1 Å². The molecule has 0 amide bonds. The van der Waals surface area contributed by atoms with Gasteiger partial charge in [0.1, 0.15) is 12.2 Å². The maximum atomic E-state index is 6.14. The van der Waals surface area contributed by atoms with Crippen molar-refractivity contribution in [3.63, 3.8) is 0 Å². The Hall–Kier alpha value is -1.72. The second-order valence-electron chi connectivity index (χ2n) is 7.87. The Morgan fingerprint density at radius 3 is 2.84 bits per heavy atom. The summed E-state index contributed by atoms with van der Waals surface area (Å²) in [7, 11) is 0. The number of rotatable bonds is 7. The quantitative estimate of drug-likeness (QED) is 0.330.